The lowest BCUT2D eigenvalue weighted by atomic mass is 10.1. The Morgan fingerprint density at radius 1 is 1.17 bits per heavy atom. The number of rotatable bonds is 5. The van der Waals surface area contributed by atoms with Gasteiger partial charge in [-0.25, -0.2) is 0 Å². The Bertz CT molecular complexity index is 800. The molecule has 0 bridgehead atoms. The van der Waals surface area contributed by atoms with Crippen LogP contribution in [-0.4, -0.2) is 22.4 Å². The molecule has 1 aromatic heterocycles. The largest absolute Gasteiger partial charge is 0.504 e. The summed E-state index contributed by atoms with van der Waals surface area (Å²) in [6, 6.07) is 14.6. The van der Waals surface area contributed by atoms with Gasteiger partial charge >= 0.3 is 0 Å². The van der Waals surface area contributed by atoms with E-state index in [2.05, 4.69) is 10.2 Å². The number of anilines is 1. The lowest BCUT2D eigenvalue weighted by molar-refractivity contribution is 0.294. The number of aromatic nitrogens is 2. The molecule has 0 aliphatic carbocycles. The van der Waals surface area contributed by atoms with E-state index >= 15 is 0 Å². The highest BCUT2D eigenvalue weighted by Crippen LogP contribution is 2.32. The Morgan fingerprint density at radius 2 is 1.96 bits per heavy atom. The Morgan fingerprint density at radius 3 is 2.70 bits per heavy atom. The molecule has 6 nitrogen and oxygen atoms in total. The van der Waals surface area contributed by atoms with Crippen molar-refractivity contribution in [2.75, 3.05) is 12.8 Å². The molecule has 3 aromatic rings. The van der Waals surface area contributed by atoms with Gasteiger partial charge in [-0.15, -0.1) is 0 Å². The van der Waals surface area contributed by atoms with Gasteiger partial charge in [0.05, 0.1) is 12.8 Å². The van der Waals surface area contributed by atoms with Gasteiger partial charge in [-0.3, -0.25) is 5.10 Å². The molecule has 0 unspecified atom stereocenters. The zero-order valence-corrected chi connectivity index (χ0v) is 12.6. The molecule has 4 N–H and O–H groups in total. The van der Waals surface area contributed by atoms with Crippen LogP contribution in [0.4, 0.5) is 5.69 Å². The molecule has 3 rings (SSSR count). The molecule has 0 aliphatic heterocycles. The predicted molar refractivity (Wildman–Crippen MR) is 87.4 cm³/mol. The lowest BCUT2D eigenvalue weighted by Crippen LogP contribution is -2.00. The number of nitrogens with one attached hydrogen (secondary N) is 1. The third kappa shape index (κ3) is 3.06. The number of nitrogen functional groups attached to an aromatic ring is 1. The summed E-state index contributed by atoms with van der Waals surface area (Å²) in [5.41, 5.74) is 8.16. The third-order valence-corrected chi connectivity index (χ3v) is 3.45. The van der Waals surface area contributed by atoms with Crippen molar-refractivity contribution >= 4 is 5.69 Å². The van der Waals surface area contributed by atoms with Crippen LogP contribution in [0.25, 0.3) is 11.3 Å². The number of nitrogens with zero attached hydrogens (tertiary/aromatic N) is 1. The number of hydrogen-bond donors (Lipinski definition) is 3. The number of H-pyrrole nitrogens is 1. The van der Waals surface area contributed by atoms with E-state index in [0.717, 1.165) is 5.56 Å². The van der Waals surface area contributed by atoms with E-state index in [4.69, 9.17) is 15.2 Å². The van der Waals surface area contributed by atoms with E-state index in [1.54, 1.807) is 25.3 Å². The maximum atomic E-state index is 10.3. The maximum absolute atomic E-state index is 10.3. The van der Waals surface area contributed by atoms with Gasteiger partial charge in [-0.05, 0) is 12.1 Å². The summed E-state index contributed by atoms with van der Waals surface area (Å²) in [4.78, 5) is 0. The van der Waals surface area contributed by atoms with E-state index in [0.29, 0.717) is 28.6 Å². The van der Waals surface area contributed by atoms with Gasteiger partial charge in [0.1, 0.15) is 29.5 Å². The summed E-state index contributed by atoms with van der Waals surface area (Å²) in [6.45, 7) is 0.114. The quantitative estimate of drug-likeness (QED) is 0.630. The molecule has 2 aromatic carbocycles. The second kappa shape index (κ2) is 6.31. The summed E-state index contributed by atoms with van der Waals surface area (Å²) in [6.07, 6.45) is 0. The topological polar surface area (TPSA) is 93.4 Å². The van der Waals surface area contributed by atoms with Crippen LogP contribution in [0.5, 0.6) is 17.2 Å². The van der Waals surface area contributed by atoms with E-state index in [1.165, 1.54) is 0 Å². The first-order chi connectivity index (χ1) is 11.2. The molecule has 0 atom stereocenters. The van der Waals surface area contributed by atoms with Crippen LogP contribution in [0.3, 0.4) is 0 Å². The molecule has 118 valence electrons. The molecule has 0 saturated heterocycles. The van der Waals surface area contributed by atoms with Crippen LogP contribution < -0.4 is 15.2 Å². The molecule has 23 heavy (non-hydrogen) atoms. The van der Waals surface area contributed by atoms with Crippen LogP contribution in [0.2, 0.25) is 0 Å². The minimum atomic E-state index is 0.0673. The SMILES string of the molecule is COc1ccc(N)c(OCc2[nH]nc(-c3ccccc3)c2O)c1. The van der Waals surface area contributed by atoms with Gasteiger partial charge in [-0.1, -0.05) is 30.3 Å². The molecule has 0 spiro atoms. The zero-order valence-electron chi connectivity index (χ0n) is 12.6. The summed E-state index contributed by atoms with van der Waals surface area (Å²) in [7, 11) is 1.57. The molecule has 0 amide bonds. The summed E-state index contributed by atoms with van der Waals surface area (Å²) < 4.78 is 10.8. The predicted octanol–water partition coefficient (Wildman–Crippen LogP) is 2.95. The van der Waals surface area contributed by atoms with Crippen molar-refractivity contribution < 1.29 is 14.6 Å². The number of ether oxygens (including phenoxy) is 2. The molecular weight excluding hydrogens is 294 g/mol. The molecule has 0 fully saturated rings. The number of methoxy groups -OCH3 is 1. The molecule has 1 heterocycles. The minimum Gasteiger partial charge on any atom is -0.504 e. The number of aromatic amines is 1. The maximum Gasteiger partial charge on any atom is 0.168 e. The smallest absolute Gasteiger partial charge is 0.168 e. The average Bonchev–Trinajstić information content (AvgIpc) is 2.96. The van der Waals surface area contributed by atoms with Gasteiger partial charge < -0.3 is 20.3 Å². The van der Waals surface area contributed by atoms with Crippen molar-refractivity contribution in [3.8, 4) is 28.5 Å². The van der Waals surface area contributed by atoms with Gasteiger partial charge in [0, 0.05) is 11.6 Å². The number of nitrogens with two attached hydrogens (primary N) is 1. The van der Waals surface area contributed by atoms with Crippen LogP contribution in [0.1, 0.15) is 5.69 Å². The highest BCUT2D eigenvalue weighted by atomic mass is 16.5. The van der Waals surface area contributed by atoms with Crippen LogP contribution in [0, 0.1) is 0 Å². The minimum absolute atomic E-state index is 0.0673. The zero-order chi connectivity index (χ0) is 16.2. The monoisotopic (exact) mass is 311 g/mol. The number of benzene rings is 2. The first-order valence-electron chi connectivity index (χ1n) is 7.07. The Hall–Kier alpha value is -3.15. The lowest BCUT2D eigenvalue weighted by Gasteiger charge is -2.09. The van der Waals surface area contributed by atoms with Crippen molar-refractivity contribution in [3.63, 3.8) is 0 Å². The van der Waals surface area contributed by atoms with E-state index in [-0.39, 0.29) is 12.4 Å². The van der Waals surface area contributed by atoms with Crippen molar-refractivity contribution in [3.05, 3.63) is 54.2 Å². The normalized spacial score (nSPS) is 10.5. The van der Waals surface area contributed by atoms with Gasteiger partial charge in [0.25, 0.3) is 0 Å². The molecule has 0 radical (unpaired) electrons. The van der Waals surface area contributed by atoms with Gasteiger partial charge in [0.15, 0.2) is 5.75 Å². The van der Waals surface area contributed by atoms with Gasteiger partial charge in [-0.2, -0.15) is 5.10 Å². The van der Waals surface area contributed by atoms with Crippen molar-refractivity contribution in [2.24, 2.45) is 0 Å². The standard InChI is InChI=1S/C17H17N3O3/c1-22-12-7-8-13(18)15(9-12)23-10-14-17(21)16(20-19-14)11-5-3-2-4-6-11/h2-9,21H,10,18H2,1H3,(H,19,20). The van der Waals surface area contributed by atoms with Gasteiger partial charge in [0.2, 0.25) is 0 Å². The second-order valence-electron chi connectivity index (χ2n) is 4.96. The fourth-order valence-electron chi connectivity index (χ4n) is 2.19. The van der Waals surface area contributed by atoms with Crippen LogP contribution >= 0.6 is 0 Å². The number of hydrogen-bond acceptors (Lipinski definition) is 5. The summed E-state index contributed by atoms with van der Waals surface area (Å²) in [5, 5.41) is 17.2. The highest BCUT2D eigenvalue weighted by molar-refractivity contribution is 5.66. The van der Waals surface area contributed by atoms with Crippen LogP contribution in [0.15, 0.2) is 48.5 Å². The van der Waals surface area contributed by atoms with Crippen molar-refractivity contribution in [1.82, 2.24) is 10.2 Å². The molecule has 6 heteroatoms. The van der Waals surface area contributed by atoms with Crippen LogP contribution in [-0.2, 0) is 6.61 Å². The fourth-order valence-corrected chi connectivity index (χ4v) is 2.19. The highest BCUT2D eigenvalue weighted by Gasteiger charge is 2.14. The Labute approximate surface area is 133 Å². The Balaban J connectivity index is 1.78. The first kappa shape index (κ1) is 14.8. The second-order valence-corrected chi connectivity index (χ2v) is 4.96. The Kier molecular flexibility index (Phi) is 4.05. The molecular formula is C17H17N3O3. The van der Waals surface area contributed by atoms with Crippen molar-refractivity contribution in [1.29, 1.82) is 0 Å². The van der Waals surface area contributed by atoms with Crippen molar-refractivity contribution in [2.45, 2.75) is 6.61 Å². The van der Waals surface area contributed by atoms with E-state index < -0.39 is 0 Å². The fraction of sp³-hybridized carbons (Fsp3) is 0.118. The summed E-state index contributed by atoms with van der Waals surface area (Å²) in [5.74, 6) is 1.20. The summed E-state index contributed by atoms with van der Waals surface area (Å²) >= 11 is 0. The molecule has 0 aliphatic rings. The van der Waals surface area contributed by atoms with E-state index in [9.17, 15) is 5.11 Å². The van der Waals surface area contributed by atoms with E-state index in [1.807, 2.05) is 30.3 Å². The average molecular weight is 311 g/mol. The third-order valence-electron chi connectivity index (χ3n) is 3.45. The first-order valence-corrected chi connectivity index (χ1v) is 7.07. The number of aromatic hydroxyl groups is 1. The molecule has 0 saturated carbocycles.